The van der Waals surface area contributed by atoms with E-state index < -0.39 is 0 Å². The zero-order valence-corrected chi connectivity index (χ0v) is 15.9. The Morgan fingerprint density at radius 3 is 1.96 bits per heavy atom. The van der Waals surface area contributed by atoms with Gasteiger partial charge in [0, 0.05) is 40.7 Å². The molecule has 3 aromatic rings. The number of nitrogens with one attached hydrogen (secondary N) is 1. The van der Waals surface area contributed by atoms with Gasteiger partial charge in [-0.15, -0.1) is 0 Å². The number of hydrogen-bond donors (Lipinski definition) is 2. The molecule has 119 valence electrons. The third-order valence-electron chi connectivity index (χ3n) is 3.96. The predicted molar refractivity (Wildman–Crippen MR) is 99.2 cm³/mol. The topological polar surface area (TPSA) is 53.9 Å². The van der Waals surface area contributed by atoms with Crippen LogP contribution in [0.5, 0.6) is 5.75 Å². The molecule has 3 aromatic carbocycles. The summed E-state index contributed by atoms with van der Waals surface area (Å²) in [5.74, 6) is 0.991. The molecular weight excluding hydrogens is 323 g/mol. The van der Waals surface area contributed by atoms with Crippen LogP contribution in [0, 0.1) is 0 Å². The Morgan fingerprint density at radius 1 is 0.760 bits per heavy atom. The molecule has 1 heterocycles. The van der Waals surface area contributed by atoms with Gasteiger partial charge in [-0.25, -0.2) is 15.3 Å². The number of phenols is 1. The summed E-state index contributed by atoms with van der Waals surface area (Å²) in [6.45, 7) is 0. The number of aromatic hydroxyl groups is 1. The maximum absolute atomic E-state index is 9.37. The summed E-state index contributed by atoms with van der Waals surface area (Å²) >= 11 is 0. The van der Waals surface area contributed by atoms with Crippen LogP contribution in [0.2, 0.25) is 0 Å². The van der Waals surface area contributed by atoms with Crippen LogP contribution in [0.3, 0.4) is 0 Å². The van der Waals surface area contributed by atoms with Crippen molar-refractivity contribution in [2.75, 3.05) is 0 Å². The summed E-state index contributed by atoms with van der Waals surface area (Å²) < 4.78 is 0. The first kappa shape index (κ1) is 17.7. The fraction of sp³-hybridized carbons (Fsp3) is 0.0500. The standard InChI is InChI=1S/C20H16N2O2.Na/c23-18-12-10-15(11-13-18)14-6-8-16(9-7-14)19-21-20(24-22-19)17-4-2-1-3-5-17;/h1-13,20,23H,(H,21,22);. The summed E-state index contributed by atoms with van der Waals surface area (Å²) in [5, 5.41) is 9.37. The Bertz CT molecular complexity index is 862. The van der Waals surface area contributed by atoms with Crippen LogP contribution in [0.25, 0.3) is 11.1 Å². The zero-order valence-electron chi connectivity index (χ0n) is 13.9. The minimum absolute atomic E-state index is 0. The average molecular weight is 339 g/mol. The van der Waals surface area contributed by atoms with Gasteiger partial charge in [-0.3, -0.25) is 0 Å². The summed E-state index contributed by atoms with van der Waals surface area (Å²) in [4.78, 5) is 10.1. The van der Waals surface area contributed by atoms with E-state index in [0.29, 0.717) is 0 Å². The van der Waals surface area contributed by atoms with Gasteiger partial charge in [-0.05, 0) is 23.3 Å². The van der Waals surface area contributed by atoms with E-state index in [1.165, 1.54) is 0 Å². The quantitative estimate of drug-likeness (QED) is 0.716. The maximum Gasteiger partial charge on any atom is 0.202 e. The van der Waals surface area contributed by atoms with Crippen molar-refractivity contribution in [2.24, 2.45) is 4.99 Å². The fourth-order valence-corrected chi connectivity index (χ4v) is 2.65. The van der Waals surface area contributed by atoms with E-state index in [4.69, 9.17) is 4.84 Å². The zero-order chi connectivity index (χ0) is 16.4. The van der Waals surface area contributed by atoms with Crippen molar-refractivity contribution in [3.63, 3.8) is 0 Å². The first-order valence-electron chi connectivity index (χ1n) is 7.74. The molecule has 4 nitrogen and oxygen atoms in total. The molecule has 1 radical (unpaired) electrons. The normalized spacial score (nSPS) is 15.8. The number of hydroxylamine groups is 1. The number of nitrogens with zero attached hydrogens (tertiary/aromatic N) is 1. The van der Waals surface area contributed by atoms with Crippen molar-refractivity contribution in [1.29, 1.82) is 0 Å². The van der Waals surface area contributed by atoms with Crippen LogP contribution in [0.15, 0.2) is 83.9 Å². The predicted octanol–water partition coefficient (Wildman–Crippen LogP) is 3.66. The Balaban J connectivity index is 0.00000182. The molecule has 1 aliphatic heterocycles. The molecule has 2 N–H and O–H groups in total. The number of rotatable bonds is 3. The Labute approximate surface area is 168 Å². The van der Waals surface area contributed by atoms with Crippen molar-refractivity contribution in [3.8, 4) is 16.9 Å². The minimum Gasteiger partial charge on any atom is -0.508 e. The summed E-state index contributed by atoms with van der Waals surface area (Å²) in [7, 11) is 0. The Morgan fingerprint density at radius 2 is 1.32 bits per heavy atom. The van der Waals surface area contributed by atoms with Crippen LogP contribution >= 0.6 is 0 Å². The Kier molecular flexibility index (Phi) is 5.56. The second kappa shape index (κ2) is 7.85. The van der Waals surface area contributed by atoms with Crippen molar-refractivity contribution in [2.45, 2.75) is 6.23 Å². The van der Waals surface area contributed by atoms with Gasteiger partial charge in [-0.1, -0.05) is 66.7 Å². The van der Waals surface area contributed by atoms with Crippen LogP contribution in [0.1, 0.15) is 17.4 Å². The molecule has 4 rings (SSSR count). The van der Waals surface area contributed by atoms with E-state index in [1.807, 2.05) is 66.7 Å². The van der Waals surface area contributed by atoms with Gasteiger partial charge in [0.25, 0.3) is 0 Å². The first-order valence-corrected chi connectivity index (χ1v) is 7.74. The van der Waals surface area contributed by atoms with E-state index in [0.717, 1.165) is 28.1 Å². The number of aliphatic imine (C=N–C) groups is 1. The molecule has 0 bridgehead atoms. The molecule has 0 saturated heterocycles. The van der Waals surface area contributed by atoms with Gasteiger partial charge in [0.05, 0.1) is 0 Å². The molecule has 5 heteroatoms. The summed E-state index contributed by atoms with van der Waals surface area (Å²) in [5.41, 5.74) is 7.02. The van der Waals surface area contributed by atoms with E-state index in [1.54, 1.807) is 12.1 Å². The van der Waals surface area contributed by atoms with Gasteiger partial charge in [0.2, 0.25) is 6.23 Å². The molecule has 0 amide bonds. The number of phenolic OH excluding ortho intramolecular Hbond substituents is 1. The smallest absolute Gasteiger partial charge is 0.202 e. The van der Waals surface area contributed by atoms with Crippen LogP contribution < -0.4 is 5.48 Å². The Hall–Kier alpha value is -2.11. The molecule has 1 aliphatic rings. The van der Waals surface area contributed by atoms with Crippen molar-refractivity contribution >= 4 is 35.4 Å². The molecule has 0 saturated carbocycles. The van der Waals surface area contributed by atoms with Crippen molar-refractivity contribution in [1.82, 2.24) is 5.48 Å². The second-order valence-electron chi connectivity index (χ2n) is 5.58. The van der Waals surface area contributed by atoms with Crippen LogP contribution in [-0.4, -0.2) is 40.5 Å². The SMILES string of the molecule is Oc1ccc(-c2ccc(C3=NC(c4ccccc4)ON3)cc2)cc1.[Na]. The van der Waals surface area contributed by atoms with E-state index in [2.05, 4.69) is 10.5 Å². The van der Waals surface area contributed by atoms with Crippen molar-refractivity contribution < 1.29 is 9.94 Å². The summed E-state index contributed by atoms with van der Waals surface area (Å²) in [6.07, 6.45) is -0.321. The van der Waals surface area contributed by atoms with E-state index >= 15 is 0 Å². The third-order valence-corrected chi connectivity index (χ3v) is 3.96. The average Bonchev–Trinajstić information content (AvgIpc) is 3.13. The number of amidine groups is 1. The molecule has 1 atom stereocenters. The van der Waals surface area contributed by atoms with Gasteiger partial charge < -0.3 is 5.11 Å². The second-order valence-corrected chi connectivity index (χ2v) is 5.58. The third kappa shape index (κ3) is 3.94. The van der Waals surface area contributed by atoms with Crippen LogP contribution in [0.4, 0.5) is 0 Å². The number of hydrogen-bond acceptors (Lipinski definition) is 4. The largest absolute Gasteiger partial charge is 0.508 e. The van der Waals surface area contributed by atoms with Crippen LogP contribution in [-0.2, 0) is 4.84 Å². The van der Waals surface area contributed by atoms with Crippen molar-refractivity contribution in [3.05, 3.63) is 90.0 Å². The fourth-order valence-electron chi connectivity index (χ4n) is 2.65. The van der Waals surface area contributed by atoms with Gasteiger partial charge in [-0.2, -0.15) is 0 Å². The molecule has 1 unspecified atom stereocenters. The first-order chi connectivity index (χ1) is 11.8. The maximum atomic E-state index is 9.37. The van der Waals surface area contributed by atoms with Gasteiger partial charge in [0.1, 0.15) is 5.75 Å². The van der Waals surface area contributed by atoms with E-state index in [9.17, 15) is 5.11 Å². The molecular formula is C20H16N2NaO2. The van der Waals surface area contributed by atoms with Gasteiger partial charge in [0.15, 0.2) is 5.84 Å². The minimum atomic E-state index is -0.321. The molecule has 0 aromatic heterocycles. The molecule has 25 heavy (non-hydrogen) atoms. The molecule has 0 fully saturated rings. The van der Waals surface area contributed by atoms with E-state index in [-0.39, 0.29) is 41.5 Å². The molecule has 0 aliphatic carbocycles. The van der Waals surface area contributed by atoms with Gasteiger partial charge >= 0.3 is 0 Å². The monoisotopic (exact) mass is 339 g/mol. The summed E-state index contributed by atoms with van der Waals surface area (Å²) in [6, 6.07) is 25.1. The molecule has 0 spiro atoms. The number of benzene rings is 3.